The van der Waals surface area contributed by atoms with E-state index in [9.17, 15) is 4.79 Å². The van der Waals surface area contributed by atoms with Gasteiger partial charge >= 0.3 is 0 Å². The van der Waals surface area contributed by atoms with Crippen LogP contribution in [0.25, 0.3) is 0 Å². The van der Waals surface area contributed by atoms with E-state index in [4.69, 9.17) is 9.47 Å². The molecule has 3 N–H and O–H groups in total. The third kappa shape index (κ3) is 3.99. The Labute approximate surface area is 143 Å². The molecule has 1 aromatic carbocycles. The predicted molar refractivity (Wildman–Crippen MR) is 92.0 cm³/mol. The molecule has 132 valence electrons. The quantitative estimate of drug-likeness (QED) is 0.769. The Morgan fingerprint density at radius 2 is 2.08 bits per heavy atom. The second-order valence-corrected chi connectivity index (χ2v) is 6.55. The van der Waals surface area contributed by atoms with Gasteiger partial charge in [0.1, 0.15) is 6.04 Å². The molecule has 0 radical (unpaired) electrons. The molecule has 1 fully saturated rings. The fourth-order valence-electron chi connectivity index (χ4n) is 3.18. The third-order valence-electron chi connectivity index (χ3n) is 4.57. The fraction of sp³-hybridized carbons (Fsp3) is 0.611. The zero-order valence-corrected chi connectivity index (χ0v) is 14.4. The first-order chi connectivity index (χ1) is 11.7. The summed E-state index contributed by atoms with van der Waals surface area (Å²) in [5.74, 6) is 1.56. The third-order valence-corrected chi connectivity index (χ3v) is 4.57. The zero-order chi connectivity index (χ0) is 16.9. The maximum Gasteiger partial charge on any atom is 0.239 e. The number of ether oxygens (including phenoxy) is 2. The van der Waals surface area contributed by atoms with E-state index in [1.54, 1.807) is 0 Å². The summed E-state index contributed by atoms with van der Waals surface area (Å²) < 4.78 is 11.4. The molecule has 1 amide bonds. The summed E-state index contributed by atoms with van der Waals surface area (Å²) in [4.78, 5) is 12.5. The summed E-state index contributed by atoms with van der Waals surface area (Å²) in [5, 5.41) is 3.09. The maximum atomic E-state index is 12.5. The highest BCUT2D eigenvalue weighted by Gasteiger charge is 2.29. The van der Waals surface area contributed by atoms with Crippen molar-refractivity contribution in [3.05, 3.63) is 23.8 Å². The highest BCUT2D eigenvalue weighted by Crippen LogP contribution is 2.32. The number of hydrogen-bond donors (Lipinski definition) is 3. The Morgan fingerprint density at radius 3 is 2.88 bits per heavy atom. The van der Waals surface area contributed by atoms with Crippen molar-refractivity contribution in [3.63, 3.8) is 0 Å². The number of nitrogens with one attached hydrogen (secondary N) is 3. The average molecular weight is 333 g/mol. The standard InChI is InChI=1S/C18H27N3O3/c1-3-5-14-11-15(21-20-14)18(22)19-12(2)13-6-7-16-17(10-13)24-9-4-8-23-16/h6-7,10,12,14-15,20-21H,3-5,8-9,11H2,1-2H3,(H,19,22). The number of hydrogen-bond acceptors (Lipinski definition) is 5. The van der Waals surface area contributed by atoms with Gasteiger partial charge in [0.2, 0.25) is 5.91 Å². The monoisotopic (exact) mass is 333 g/mol. The first-order valence-corrected chi connectivity index (χ1v) is 8.88. The minimum atomic E-state index is -0.176. The van der Waals surface area contributed by atoms with Gasteiger partial charge in [0.25, 0.3) is 0 Å². The summed E-state index contributed by atoms with van der Waals surface area (Å²) in [5.41, 5.74) is 7.32. The summed E-state index contributed by atoms with van der Waals surface area (Å²) in [6.45, 7) is 5.48. The zero-order valence-electron chi connectivity index (χ0n) is 14.4. The van der Waals surface area contributed by atoms with Gasteiger partial charge in [0.05, 0.1) is 19.3 Å². The van der Waals surface area contributed by atoms with Crippen molar-refractivity contribution in [2.45, 2.75) is 57.7 Å². The number of hydrazine groups is 1. The largest absolute Gasteiger partial charge is 0.490 e. The van der Waals surface area contributed by atoms with Crippen molar-refractivity contribution >= 4 is 5.91 Å². The van der Waals surface area contributed by atoms with Gasteiger partial charge in [0, 0.05) is 12.5 Å². The van der Waals surface area contributed by atoms with Gasteiger partial charge < -0.3 is 14.8 Å². The normalized spacial score (nSPS) is 24.2. The molecule has 0 aliphatic carbocycles. The van der Waals surface area contributed by atoms with Crippen LogP contribution in [0.2, 0.25) is 0 Å². The van der Waals surface area contributed by atoms with E-state index >= 15 is 0 Å². The van der Waals surface area contributed by atoms with E-state index in [1.165, 1.54) is 0 Å². The van der Waals surface area contributed by atoms with Crippen LogP contribution in [0, 0.1) is 0 Å². The second-order valence-electron chi connectivity index (χ2n) is 6.55. The molecule has 0 aromatic heterocycles. The van der Waals surface area contributed by atoms with E-state index in [-0.39, 0.29) is 18.0 Å². The van der Waals surface area contributed by atoms with Gasteiger partial charge in [-0.2, -0.15) is 0 Å². The Kier molecular flexibility index (Phi) is 5.58. The highest BCUT2D eigenvalue weighted by molar-refractivity contribution is 5.82. The van der Waals surface area contributed by atoms with Crippen LogP contribution in [0.4, 0.5) is 0 Å². The van der Waals surface area contributed by atoms with E-state index < -0.39 is 0 Å². The second kappa shape index (κ2) is 7.85. The minimum Gasteiger partial charge on any atom is -0.490 e. The lowest BCUT2D eigenvalue weighted by Crippen LogP contribution is -2.44. The molecule has 0 spiro atoms. The molecule has 24 heavy (non-hydrogen) atoms. The Bertz CT molecular complexity index is 579. The summed E-state index contributed by atoms with van der Waals surface area (Å²) >= 11 is 0. The summed E-state index contributed by atoms with van der Waals surface area (Å²) in [7, 11) is 0. The molecule has 6 heteroatoms. The van der Waals surface area contributed by atoms with Crippen LogP contribution in [-0.4, -0.2) is 31.2 Å². The molecule has 1 saturated heterocycles. The minimum absolute atomic E-state index is 0.0284. The SMILES string of the molecule is CCCC1CC(C(=O)NC(C)c2ccc3c(c2)OCCCO3)NN1. The number of carbonyl (C=O) groups is 1. The lowest BCUT2D eigenvalue weighted by molar-refractivity contribution is -0.123. The van der Waals surface area contributed by atoms with Crippen LogP contribution in [0.5, 0.6) is 11.5 Å². The number of rotatable bonds is 5. The van der Waals surface area contributed by atoms with E-state index in [0.29, 0.717) is 19.3 Å². The van der Waals surface area contributed by atoms with Crippen LogP contribution in [0.15, 0.2) is 18.2 Å². The van der Waals surface area contributed by atoms with Gasteiger partial charge in [-0.15, -0.1) is 0 Å². The van der Waals surface area contributed by atoms with Crippen molar-refractivity contribution < 1.29 is 14.3 Å². The molecule has 3 atom stereocenters. The average Bonchev–Trinajstić information content (AvgIpc) is 2.92. The fourth-order valence-corrected chi connectivity index (χ4v) is 3.18. The predicted octanol–water partition coefficient (Wildman–Crippen LogP) is 2.06. The van der Waals surface area contributed by atoms with Gasteiger partial charge in [-0.3, -0.25) is 10.2 Å². The van der Waals surface area contributed by atoms with E-state index in [0.717, 1.165) is 42.7 Å². The first-order valence-electron chi connectivity index (χ1n) is 8.88. The van der Waals surface area contributed by atoms with Crippen LogP contribution in [0.1, 0.15) is 51.1 Å². The van der Waals surface area contributed by atoms with Crippen molar-refractivity contribution in [1.82, 2.24) is 16.2 Å². The van der Waals surface area contributed by atoms with Gasteiger partial charge in [-0.25, -0.2) is 5.43 Å². The lowest BCUT2D eigenvalue weighted by Gasteiger charge is -2.18. The lowest BCUT2D eigenvalue weighted by atomic mass is 10.0. The molecule has 6 nitrogen and oxygen atoms in total. The van der Waals surface area contributed by atoms with E-state index in [2.05, 4.69) is 23.1 Å². The number of benzene rings is 1. The molecule has 2 aliphatic heterocycles. The summed E-state index contributed by atoms with van der Waals surface area (Å²) in [6.07, 6.45) is 3.90. The number of amides is 1. The van der Waals surface area contributed by atoms with Gasteiger partial charge in [-0.1, -0.05) is 19.4 Å². The topological polar surface area (TPSA) is 71.6 Å². The Balaban J connectivity index is 1.59. The maximum absolute atomic E-state index is 12.5. The van der Waals surface area contributed by atoms with Crippen LogP contribution in [-0.2, 0) is 4.79 Å². The Morgan fingerprint density at radius 1 is 1.29 bits per heavy atom. The van der Waals surface area contributed by atoms with Crippen LogP contribution in [0.3, 0.4) is 0 Å². The van der Waals surface area contributed by atoms with Crippen LogP contribution < -0.4 is 25.6 Å². The molecular weight excluding hydrogens is 306 g/mol. The highest BCUT2D eigenvalue weighted by atomic mass is 16.5. The molecule has 3 unspecified atom stereocenters. The molecule has 1 aromatic rings. The first kappa shape index (κ1) is 17.0. The molecule has 0 saturated carbocycles. The van der Waals surface area contributed by atoms with Crippen molar-refractivity contribution in [2.24, 2.45) is 0 Å². The number of fused-ring (bicyclic) bond motifs is 1. The smallest absolute Gasteiger partial charge is 0.239 e. The Hall–Kier alpha value is -1.79. The molecule has 3 rings (SSSR count). The van der Waals surface area contributed by atoms with Crippen molar-refractivity contribution in [1.29, 1.82) is 0 Å². The molecule has 0 bridgehead atoms. The molecule has 2 aliphatic rings. The number of carbonyl (C=O) groups excluding carboxylic acids is 1. The van der Waals surface area contributed by atoms with Gasteiger partial charge in [-0.05, 0) is 37.5 Å². The molecular formula is C18H27N3O3. The molecule has 2 heterocycles. The van der Waals surface area contributed by atoms with E-state index in [1.807, 2.05) is 25.1 Å². The van der Waals surface area contributed by atoms with Gasteiger partial charge in [0.15, 0.2) is 11.5 Å². The van der Waals surface area contributed by atoms with Crippen LogP contribution >= 0.6 is 0 Å². The van der Waals surface area contributed by atoms with Crippen molar-refractivity contribution in [2.75, 3.05) is 13.2 Å². The summed E-state index contributed by atoms with van der Waals surface area (Å²) in [6, 6.07) is 5.99. The van der Waals surface area contributed by atoms with Crippen molar-refractivity contribution in [3.8, 4) is 11.5 Å².